The fourth-order valence-corrected chi connectivity index (χ4v) is 2.92. The third-order valence-electron chi connectivity index (χ3n) is 3.82. The number of benzene rings is 1. The molecule has 0 fully saturated rings. The van der Waals surface area contributed by atoms with E-state index in [4.69, 9.17) is 0 Å². The molecule has 0 radical (unpaired) electrons. The van der Waals surface area contributed by atoms with Crippen molar-refractivity contribution < 1.29 is 4.79 Å². The molecule has 0 saturated carbocycles. The van der Waals surface area contributed by atoms with Crippen LogP contribution in [0.4, 0.5) is 0 Å². The first-order chi connectivity index (χ1) is 12.0. The van der Waals surface area contributed by atoms with Crippen LogP contribution in [-0.4, -0.2) is 31.8 Å². The molecule has 0 unspecified atom stereocenters. The maximum atomic E-state index is 12.8. The van der Waals surface area contributed by atoms with Gasteiger partial charge in [-0.1, -0.05) is 12.1 Å². The van der Waals surface area contributed by atoms with Crippen molar-refractivity contribution in [1.29, 1.82) is 0 Å². The molecule has 7 heteroatoms. The fourth-order valence-electron chi connectivity index (χ4n) is 2.55. The van der Waals surface area contributed by atoms with Crippen LogP contribution < -0.4 is 5.56 Å². The molecule has 0 bridgehead atoms. The quantitative estimate of drug-likeness (QED) is 0.729. The summed E-state index contributed by atoms with van der Waals surface area (Å²) < 4.78 is 0.735. The lowest BCUT2D eigenvalue weighted by Crippen LogP contribution is -2.37. The number of hydrogen-bond donors (Lipinski definition) is 1. The molecule has 1 aromatic carbocycles. The molecular formula is C18H17BrN4O2. The second kappa shape index (κ2) is 7.14. The molecule has 1 N–H and O–H groups in total. The number of rotatable bonds is 4. The van der Waals surface area contributed by atoms with E-state index in [9.17, 15) is 9.59 Å². The van der Waals surface area contributed by atoms with Crippen molar-refractivity contribution in [3.63, 3.8) is 0 Å². The van der Waals surface area contributed by atoms with Gasteiger partial charge >= 0.3 is 0 Å². The Labute approximate surface area is 153 Å². The van der Waals surface area contributed by atoms with Crippen LogP contribution in [0.3, 0.4) is 0 Å². The van der Waals surface area contributed by atoms with Gasteiger partial charge in [0, 0.05) is 22.9 Å². The largest absolute Gasteiger partial charge is 0.329 e. The summed E-state index contributed by atoms with van der Waals surface area (Å²) in [7, 11) is 0. The standard InChI is InChI=1S/C18H17BrN4O2/c1-11(2)23(18(25)12-7-13(19)9-20-8-12)10-16-21-15-6-4-3-5-14(15)17(24)22-16/h3-9,11H,10H2,1-2H3,(H,21,22,24). The van der Waals surface area contributed by atoms with E-state index in [0.29, 0.717) is 22.3 Å². The Morgan fingerprint density at radius 2 is 2.04 bits per heavy atom. The SMILES string of the molecule is CC(C)N(Cc1nc2ccccc2c(=O)[nH]1)C(=O)c1cncc(Br)c1. The van der Waals surface area contributed by atoms with E-state index in [2.05, 4.69) is 30.9 Å². The number of fused-ring (bicyclic) bond motifs is 1. The lowest BCUT2D eigenvalue weighted by Gasteiger charge is -2.26. The summed E-state index contributed by atoms with van der Waals surface area (Å²) in [5, 5.41) is 0.532. The first-order valence-corrected chi connectivity index (χ1v) is 8.64. The van der Waals surface area contributed by atoms with Crippen molar-refractivity contribution in [2.24, 2.45) is 0 Å². The molecule has 1 amide bonds. The van der Waals surface area contributed by atoms with Gasteiger partial charge in [0.05, 0.1) is 23.0 Å². The predicted octanol–water partition coefficient (Wildman–Crippen LogP) is 3.13. The molecule has 0 saturated heterocycles. The Bertz CT molecular complexity index is 984. The minimum Gasteiger partial charge on any atom is -0.329 e. The highest BCUT2D eigenvalue weighted by Gasteiger charge is 2.21. The number of para-hydroxylation sites is 1. The minimum absolute atomic E-state index is 0.0664. The van der Waals surface area contributed by atoms with Gasteiger partial charge in [-0.05, 0) is 48.0 Å². The topological polar surface area (TPSA) is 79.0 Å². The van der Waals surface area contributed by atoms with E-state index >= 15 is 0 Å². The number of halogens is 1. The van der Waals surface area contributed by atoms with E-state index < -0.39 is 0 Å². The molecule has 3 aromatic rings. The number of H-pyrrole nitrogens is 1. The molecule has 6 nitrogen and oxygen atoms in total. The van der Waals surface area contributed by atoms with Crippen molar-refractivity contribution in [2.75, 3.05) is 0 Å². The van der Waals surface area contributed by atoms with Crippen molar-refractivity contribution in [1.82, 2.24) is 19.9 Å². The van der Waals surface area contributed by atoms with Crippen LogP contribution in [0.2, 0.25) is 0 Å². The molecule has 0 aliphatic heterocycles. The number of nitrogens with one attached hydrogen (secondary N) is 1. The van der Waals surface area contributed by atoms with Gasteiger partial charge in [0.15, 0.2) is 0 Å². The van der Waals surface area contributed by atoms with E-state index in [1.54, 1.807) is 35.4 Å². The average Bonchev–Trinajstić information content (AvgIpc) is 2.59. The van der Waals surface area contributed by atoms with Crippen LogP contribution >= 0.6 is 15.9 Å². The summed E-state index contributed by atoms with van der Waals surface area (Å²) in [4.78, 5) is 38.0. The molecule has 25 heavy (non-hydrogen) atoms. The summed E-state index contributed by atoms with van der Waals surface area (Å²) >= 11 is 3.33. The second-order valence-corrected chi connectivity index (χ2v) is 6.86. The molecule has 0 spiro atoms. The Balaban J connectivity index is 1.95. The lowest BCUT2D eigenvalue weighted by atomic mass is 10.2. The third kappa shape index (κ3) is 3.76. The zero-order valence-electron chi connectivity index (χ0n) is 13.9. The summed E-state index contributed by atoms with van der Waals surface area (Å²) in [6.45, 7) is 4.05. The normalized spacial score (nSPS) is 11.0. The molecule has 0 atom stereocenters. The molecule has 0 aliphatic carbocycles. The number of hydrogen-bond acceptors (Lipinski definition) is 4. The summed E-state index contributed by atoms with van der Waals surface area (Å²) in [5.74, 6) is 0.285. The lowest BCUT2D eigenvalue weighted by molar-refractivity contribution is 0.0684. The number of nitrogens with zero attached hydrogens (tertiary/aromatic N) is 3. The number of aromatic amines is 1. The summed E-state index contributed by atoms with van der Waals surface area (Å²) in [6.07, 6.45) is 3.15. The molecule has 2 heterocycles. The summed E-state index contributed by atoms with van der Waals surface area (Å²) in [6, 6.07) is 8.79. The van der Waals surface area contributed by atoms with Crippen LogP contribution in [0, 0.1) is 0 Å². The minimum atomic E-state index is -0.208. The maximum Gasteiger partial charge on any atom is 0.258 e. The second-order valence-electron chi connectivity index (χ2n) is 5.95. The van der Waals surface area contributed by atoms with Gasteiger partial charge in [0.25, 0.3) is 11.5 Å². The van der Waals surface area contributed by atoms with Crippen molar-refractivity contribution >= 4 is 32.7 Å². The van der Waals surface area contributed by atoms with Crippen molar-refractivity contribution in [3.05, 3.63) is 68.9 Å². The van der Waals surface area contributed by atoms with Gasteiger partial charge in [-0.25, -0.2) is 4.98 Å². The highest BCUT2D eigenvalue weighted by Crippen LogP contribution is 2.15. The Morgan fingerprint density at radius 1 is 1.28 bits per heavy atom. The van der Waals surface area contributed by atoms with E-state index in [1.165, 1.54) is 6.20 Å². The van der Waals surface area contributed by atoms with E-state index in [0.717, 1.165) is 4.47 Å². The molecule has 2 aromatic heterocycles. The first-order valence-electron chi connectivity index (χ1n) is 7.85. The van der Waals surface area contributed by atoms with Gasteiger partial charge in [0.2, 0.25) is 0 Å². The van der Waals surface area contributed by atoms with Crippen LogP contribution in [0.25, 0.3) is 10.9 Å². The number of amides is 1. The highest BCUT2D eigenvalue weighted by atomic mass is 79.9. The first kappa shape index (κ1) is 17.3. The number of carbonyl (C=O) groups excluding carboxylic acids is 1. The smallest absolute Gasteiger partial charge is 0.258 e. The van der Waals surface area contributed by atoms with Gasteiger partial charge in [0.1, 0.15) is 5.82 Å². The molecule has 0 aliphatic rings. The van der Waals surface area contributed by atoms with E-state index in [1.807, 2.05) is 19.9 Å². The molecule has 128 valence electrons. The monoisotopic (exact) mass is 400 g/mol. The Hall–Kier alpha value is -2.54. The Morgan fingerprint density at radius 3 is 2.76 bits per heavy atom. The number of aromatic nitrogens is 3. The van der Waals surface area contributed by atoms with Gasteiger partial charge < -0.3 is 9.88 Å². The van der Waals surface area contributed by atoms with Crippen LogP contribution in [-0.2, 0) is 6.54 Å². The van der Waals surface area contributed by atoms with Gasteiger partial charge in [-0.15, -0.1) is 0 Å². The van der Waals surface area contributed by atoms with Crippen molar-refractivity contribution in [3.8, 4) is 0 Å². The van der Waals surface area contributed by atoms with Crippen molar-refractivity contribution in [2.45, 2.75) is 26.4 Å². The zero-order chi connectivity index (χ0) is 18.0. The van der Waals surface area contributed by atoms with Gasteiger partial charge in [-0.2, -0.15) is 0 Å². The van der Waals surface area contributed by atoms with Crippen LogP contribution in [0.1, 0.15) is 30.0 Å². The molecular weight excluding hydrogens is 384 g/mol. The maximum absolute atomic E-state index is 12.8. The van der Waals surface area contributed by atoms with Crippen LogP contribution in [0.15, 0.2) is 52.0 Å². The van der Waals surface area contributed by atoms with Crippen LogP contribution in [0.5, 0.6) is 0 Å². The number of pyridine rings is 1. The average molecular weight is 401 g/mol. The summed E-state index contributed by atoms with van der Waals surface area (Å²) in [5.41, 5.74) is 0.883. The highest BCUT2D eigenvalue weighted by molar-refractivity contribution is 9.10. The predicted molar refractivity (Wildman–Crippen MR) is 99.3 cm³/mol. The fraction of sp³-hybridized carbons (Fsp3) is 0.222. The van der Waals surface area contributed by atoms with Gasteiger partial charge in [-0.3, -0.25) is 14.6 Å². The Kier molecular flexibility index (Phi) is 4.94. The van der Waals surface area contributed by atoms with E-state index in [-0.39, 0.29) is 24.1 Å². The number of carbonyl (C=O) groups is 1. The zero-order valence-corrected chi connectivity index (χ0v) is 15.4. The third-order valence-corrected chi connectivity index (χ3v) is 4.25. The molecule has 3 rings (SSSR count).